The maximum atomic E-state index is 10.8. The average Bonchev–Trinajstić information content (AvgIpc) is 2.80. The van der Waals surface area contributed by atoms with Gasteiger partial charge >= 0.3 is 5.66 Å². The highest BCUT2D eigenvalue weighted by Gasteiger charge is 2.50. The van der Waals surface area contributed by atoms with Crippen molar-refractivity contribution in [1.29, 1.82) is 5.26 Å². The molecule has 1 heterocycles. The minimum atomic E-state index is -2.19. The Kier molecular flexibility index (Phi) is 4.74. The highest BCUT2D eigenvalue weighted by atomic mass is 16.7. The smallest absolute Gasteiger partial charge is 0.357 e. The van der Waals surface area contributed by atoms with Crippen LogP contribution in [0.25, 0.3) is 0 Å². The van der Waals surface area contributed by atoms with E-state index in [0.717, 1.165) is 6.92 Å². The van der Waals surface area contributed by atoms with Crippen LogP contribution in [0, 0.1) is 31.6 Å². The third-order valence-corrected chi connectivity index (χ3v) is 3.13. The predicted octanol–water partition coefficient (Wildman–Crippen LogP) is 0.664. The Morgan fingerprint density at radius 2 is 2.11 bits per heavy atom. The van der Waals surface area contributed by atoms with Crippen molar-refractivity contribution in [2.45, 2.75) is 31.8 Å². The van der Waals surface area contributed by atoms with Gasteiger partial charge in [0.15, 0.2) is 0 Å². The molecule has 9 nitrogen and oxygen atoms in total. The second-order valence-corrected chi connectivity index (χ2v) is 4.42. The van der Waals surface area contributed by atoms with Crippen LogP contribution in [0.4, 0.5) is 0 Å². The lowest BCUT2D eigenvalue weighted by Crippen LogP contribution is -2.44. The number of nitrogens with zero attached hydrogens (tertiary/aromatic N) is 5. The lowest BCUT2D eigenvalue weighted by molar-refractivity contribution is -0.792. The van der Waals surface area contributed by atoms with E-state index in [4.69, 9.17) is 5.26 Å². The predicted molar refractivity (Wildman–Crippen MR) is 65.7 cm³/mol. The van der Waals surface area contributed by atoms with Crippen LogP contribution in [0.2, 0.25) is 0 Å². The second-order valence-electron chi connectivity index (χ2n) is 4.42. The fourth-order valence-electron chi connectivity index (χ4n) is 1.79. The highest BCUT2D eigenvalue weighted by molar-refractivity contribution is 5.83. The van der Waals surface area contributed by atoms with Crippen LogP contribution in [0.1, 0.15) is 26.2 Å². The maximum absolute atomic E-state index is 10.8. The normalized spacial score (nSPS) is 14.9. The van der Waals surface area contributed by atoms with E-state index < -0.39 is 15.5 Å². The maximum Gasteiger partial charge on any atom is 0.456 e. The van der Waals surface area contributed by atoms with Gasteiger partial charge in [-0.2, -0.15) is 5.26 Å². The summed E-state index contributed by atoms with van der Waals surface area (Å²) in [7, 11) is 0. The molecule has 1 aliphatic rings. The first-order valence-electron chi connectivity index (χ1n) is 5.86. The zero-order valence-electron chi connectivity index (χ0n) is 10.6. The number of amidine groups is 1. The molecular formula is C10H15N5O4. The monoisotopic (exact) mass is 269 g/mol. The topological polar surface area (TPSA) is 126 Å². The van der Waals surface area contributed by atoms with Crippen LogP contribution in [0.5, 0.6) is 0 Å². The summed E-state index contributed by atoms with van der Waals surface area (Å²) in [4.78, 5) is 25.9. The Bertz CT molecular complexity index is 428. The zero-order chi connectivity index (χ0) is 14.5. The molecule has 9 heteroatoms. The van der Waals surface area contributed by atoms with Crippen LogP contribution in [0.15, 0.2) is 4.99 Å². The van der Waals surface area contributed by atoms with Gasteiger partial charge < -0.3 is 4.90 Å². The Balaban J connectivity index is 2.63. The quantitative estimate of drug-likeness (QED) is 0.379. The molecule has 1 aliphatic heterocycles. The summed E-state index contributed by atoms with van der Waals surface area (Å²) < 4.78 is 0. The Labute approximate surface area is 109 Å². The highest BCUT2D eigenvalue weighted by Crippen LogP contribution is 2.20. The molecule has 0 unspecified atom stereocenters. The van der Waals surface area contributed by atoms with Crippen molar-refractivity contribution in [3.8, 4) is 6.07 Å². The molecule has 104 valence electrons. The van der Waals surface area contributed by atoms with Crippen LogP contribution in [-0.2, 0) is 0 Å². The molecule has 0 atom stereocenters. The van der Waals surface area contributed by atoms with Crippen molar-refractivity contribution in [3.05, 3.63) is 20.2 Å². The fraction of sp³-hybridized carbons (Fsp3) is 0.800. The van der Waals surface area contributed by atoms with Crippen molar-refractivity contribution in [2.24, 2.45) is 4.99 Å². The van der Waals surface area contributed by atoms with E-state index >= 15 is 0 Å². The Hall–Kier alpha value is -2.24. The second kappa shape index (κ2) is 6.08. The van der Waals surface area contributed by atoms with Crippen molar-refractivity contribution in [1.82, 2.24) is 4.90 Å². The van der Waals surface area contributed by atoms with Crippen LogP contribution in [-0.4, -0.2) is 45.9 Å². The molecular weight excluding hydrogens is 254 g/mol. The number of aliphatic imine (C=N–C) groups is 1. The third-order valence-electron chi connectivity index (χ3n) is 3.13. The van der Waals surface area contributed by atoms with Gasteiger partial charge in [0, 0.05) is 19.5 Å². The number of hydrogen-bond donors (Lipinski definition) is 0. The molecule has 0 spiro atoms. The van der Waals surface area contributed by atoms with Crippen molar-refractivity contribution < 1.29 is 9.85 Å². The molecule has 0 aromatic heterocycles. The number of nitriles is 1. The molecule has 19 heavy (non-hydrogen) atoms. The number of nitro groups is 2. The third kappa shape index (κ3) is 3.37. The minimum absolute atomic E-state index is 0.171. The van der Waals surface area contributed by atoms with Gasteiger partial charge in [-0.25, -0.2) is 0 Å². The molecule has 0 aliphatic carbocycles. The van der Waals surface area contributed by atoms with E-state index in [1.54, 1.807) is 0 Å². The zero-order valence-corrected chi connectivity index (χ0v) is 10.6. The van der Waals surface area contributed by atoms with E-state index in [9.17, 15) is 20.2 Å². The van der Waals surface area contributed by atoms with Gasteiger partial charge in [-0.15, -0.1) is 0 Å². The van der Waals surface area contributed by atoms with E-state index in [2.05, 4.69) is 4.99 Å². The molecule has 0 saturated heterocycles. The van der Waals surface area contributed by atoms with Gasteiger partial charge in [-0.1, -0.05) is 0 Å². The first kappa shape index (κ1) is 14.8. The van der Waals surface area contributed by atoms with Crippen molar-refractivity contribution in [3.63, 3.8) is 0 Å². The lowest BCUT2D eigenvalue weighted by atomic mass is 10.1. The average molecular weight is 269 g/mol. The van der Waals surface area contributed by atoms with E-state index in [1.165, 1.54) is 0 Å². The van der Waals surface area contributed by atoms with Crippen molar-refractivity contribution in [2.75, 3.05) is 19.6 Å². The van der Waals surface area contributed by atoms with E-state index in [-0.39, 0.29) is 12.8 Å². The molecule has 0 radical (unpaired) electrons. The van der Waals surface area contributed by atoms with Gasteiger partial charge in [0.25, 0.3) is 0 Å². The largest absolute Gasteiger partial charge is 0.456 e. The molecule has 0 aromatic carbocycles. The summed E-state index contributed by atoms with van der Waals surface area (Å²) in [6.45, 7) is 2.73. The summed E-state index contributed by atoms with van der Waals surface area (Å²) in [6, 6.07) is 2.01. The molecule has 0 fully saturated rings. The van der Waals surface area contributed by atoms with Gasteiger partial charge in [-0.05, 0) is 0 Å². The number of hydrogen-bond acceptors (Lipinski definition) is 7. The van der Waals surface area contributed by atoms with Crippen LogP contribution >= 0.6 is 0 Å². The van der Waals surface area contributed by atoms with Gasteiger partial charge in [0.1, 0.15) is 0 Å². The van der Waals surface area contributed by atoms with E-state index in [1.807, 2.05) is 11.0 Å². The Morgan fingerprint density at radius 1 is 1.47 bits per heavy atom. The van der Waals surface area contributed by atoms with Gasteiger partial charge in [0.2, 0.25) is 0 Å². The first-order chi connectivity index (χ1) is 8.91. The molecule has 0 amide bonds. The van der Waals surface area contributed by atoms with Crippen LogP contribution < -0.4 is 0 Å². The standard InChI is InChI=1S/C10H15N5O4/c1-10(14(16)17,15(18)19)4-3-9-12-6-8-13(9)7-2-5-11/h2-4,6-8H2,1H3. The minimum Gasteiger partial charge on any atom is -0.357 e. The van der Waals surface area contributed by atoms with E-state index in [0.29, 0.717) is 31.9 Å². The summed E-state index contributed by atoms with van der Waals surface area (Å²) >= 11 is 0. The Morgan fingerprint density at radius 3 is 2.63 bits per heavy atom. The summed E-state index contributed by atoms with van der Waals surface area (Å²) in [6.07, 6.45) is 0.291. The summed E-state index contributed by atoms with van der Waals surface area (Å²) in [5.74, 6) is 0.616. The summed E-state index contributed by atoms with van der Waals surface area (Å²) in [5, 5.41) is 30.1. The molecule has 0 aromatic rings. The van der Waals surface area contributed by atoms with Gasteiger partial charge in [0.05, 0.1) is 48.1 Å². The summed E-state index contributed by atoms with van der Waals surface area (Å²) in [5.41, 5.74) is -2.19. The lowest BCUT2D eigenvalue weighted by Gasteiger charge is -2.19. The molecule has 0 bridgehead atoms. The fourth-order valence-corrected chi connectivity index (χ4v) is 1.79. The first-order valence-corrected chi connectivity index (χ1v) is 5.86. The molecule has 1 rings (SSSR count). The van der Waals surface area contributed by atoms with Crippen LogP contribution in [0.3, 0.4) is 0 Å². The SMILES string of the molecule is CC(CCC1=NCCN1CCC#N)([N+](=O)[O-])[N+](=O)[O-]. The van der Waals surface area contributed by atoms with Crippen molar-refractivity contribution >= 4 is 5.84 Å². The molecule has 0 saturated carbocycles. The molecule has 0 N–H and O–H groups in total. The number of rotatable bonds is 7. The van der Waals surface area contributed by atoms with Gasteiger partial charge in [-0.3, -0.25) is 25.2 Å².